The van der Waals surface area contributed by atoms with Crippen LogP contribution in [0, 0.1) is 17.8 Å². The zero-order chi connectivity index (χ0) is 12.2. The number of esters is 1. The molecule has 2 nitrogen and oxygen atoms in total. The molecule has 1 saturated heterocycles. The smallest absolute Gasteiger partial charge is 0.334 e. The van der Waals surface area contributed by atoms with Crippen LogP contribution >= 0.6 is 0 Å². The second-order valence-electron chi connectivity index (χ2n) is 5.53. The lowest BCUT2D eigenvalue weighted by atomic mass is 9.82. The number of allylic oxidation sites excluding steroid dienone is 1. The van der Waals surface area contributed by atoms with Gasteiger partial charge in [-0.25, -0.2) is 4.79 Å². The molecule has 17 heavy (non-hydrogen) atoms. The van der Waals surface area contributed by atoms with Crippen LogP contribution in [-0.2, 0) is 9.53 Å². The fourth-order valence-electron chi connectivity index (χ4n) is 3.71. The van der Waals surface area contributed by atoms with E-state index in [1.54, 1.807) is 0 Å². The summed E-state index contributed by atoms with van der Waals surface area (Å²) in [5, 5.41) is 0. The predicted molar refractivity (Wildman–Crippen MR) is 66.2 cm³/mol. The Labute approximate surface area is 102 Å². The summed E-state index contributed by atoms with van der Waals surface area (Å²) in [6, 6.07) is 0. The lowest BCUT2D eigenvalue weighted by molar-refractivity contribution is -0.141. The summed E-state index contributed by atoms with van der Waals surface area (Å²) in [6.45, 7) is 12.3. The van der Waals surface area contributed by atoms with E-state index in [1.807, 2.05) is 0 Å². The van der Waals surface area contributed by atoms with Crippen LogP contribution in [0.5, 0.6) is 0 Å². The van der Waals surface area contributed by atoms with Crippen molar-refractivity contribution in [3.63, 3.8) is 0 Å². The summed E-state index contributed by atoms with van der Waals surface area (Å²) < 4.78 is 5.55. The molecule has 0 spiro atoms. The third kappa shape index (κ3) is 1.43. The Bertz CT molecular complexity index is 432. The molecule has 3 aliphatic rings. The maximum Gasteiger partial charge on any atom is 0.334 e. The monoisotopic (exact) mass is 230 g/mol. The molecule has 3 rings (SSSR count). The average molecular weight is 230 g/mol. The molecule has 2 aliphatic carbocycles. The molecule has 1 heterocycles. The predicted octanol–water partition coefficient (Wildman–Crippen LogP) is 3.02. The molecule has 0 aromatic rings. The van der Waals surface area contributed by atoms with Crippen molar-refractivity contribution in [2.75, 3.05) is 0 Å². The third-order valence-corrected chi connectivity index (χ3v) is 4.69. The molecule has 0 bridgehead atoms. The molecule has 4 atom stereocenters. The number of ether oxygens (including phenoxy) is 1. The van der Waals surface area contributed by atoms with Gasteiger partial charge in [-0.15, -0.1) is 0 Å². The van der Waals surface area contributed by atoms with Gasteiger partial charge in [0.15, 0.2) is 0 Å². The molecular formula is C15H18O2. The van der Waals surface area contributed by atoms with Crippen molar-refractivity contribution in [2.45, 2.75) is 31.8 Å². The fourth-order valence-corrected chi connectivity index (χ4v) is 3.71. The first-order valence-electron chi connectivity index (χ1n) is 6.34. The van der Waals surface area contributed by atoms with Crippen molar-refractivity contribution in [3.8, 4) is 0 Å². The van der Waals surface area contributed by atoms with E-state index >= 15 is 0 Å². The van der Waals surface area contributed by atoms with E-state index in [2.05, 4.69) is 19.7 Å². The van der Waals surface area contributed by atoms with E-state index < -0.39 is 0 Å². The van der Waals surface area contributed by atoms with Crippen LogP contribution in [0.2, 0.25) is 0 Å². The average Bonchev–Trinajstić information content (AvgIpc) is 2.75. The fraction of sp³-hybridized carbons (Fsp3) is 0.533. The van der Waals surface area contributed by atoms with Crippen LogP contribution in [0.3, 0.4) is 0 Å². The highest BCUT2D eigenvalue weighted by atomic mass is 16.6. The normalized spacial score (nSPS) is 40.9. The van der Waals surface area contributed by atoms with Crippen molar-refractivity contribution in [2.24, 2.45) is 17.8 Å². The summed E-state index contributed by atoms with van der Waals surface area (Å²) in [4.78, 5) is 11.7. The van der Waals surface area contributed by atoms with Gasteiger partial charge >= 0.3 is 5.97 Å². The van der Waals surface area contributed by atoms with Crippen molar-refractivity contribution in [3.05, 3.63) is 36.5 Å². The molecule has 0 radical (unpaired) electrons. The first kappa shape index (κ1) is 10.8. The van der Waals surface area contributed by atoms with Crippen molar-refractivity contribution in [1.82, 2.24) is 0 Å². The van der Waals surface area contributed by atoms with E-state index in [1.165, 1.54) is 11.1 Å². The summed E-state index contributed by atoms with van der Waals surface area (Å²) in [5.74, 6) is 0.740. The number of carbonyl (C=O) groups excluding carboxylic acids is 1. The number of hydrogen-bond acceptors (Lipinski definition) is 2. The van der Waals surface area contributed by atoms with Gasteiger partial charge < -0.3 is 4.74 Å². The van der Waals surface area contributed by atoms with Crippen LogP contribution in [0.15, 0.2) is 36.5 Å². The van der Waals surface area contributed by atoms with Crippen LogP contribution in [0.25, 0.3) is 0 Å². The SMILES string of the molecule is C=C1CC[C@H]2C(=C)CC[C@H]3C(=C)C(=O)O[C@@H]3[C@H]12. The van der Waals surface area contributed by atoms with Gasteiger partial charge in [-0.05, 0) is 31.6 Å². The van der Waals surface area contributed by atoms with Crippen LogP contribution in [0.4, 0.5) is 0 Å². The molecule has 0 aromatic carbocycles. The summed E-state index contributed by atoms with van der Waals surface area (Å²) in [7, 11) is 0. The second-order valence-corrected chi connectivity index (χ2v) is 5.53. The van der Waals surface area contributed by atoms with E-state index in [4.69, 9.17) is 4.74 Å². The Morgan fingerprint density at radius 1 is 1.00 bits per heavy atom. The Morgan fingerprint density at radius 2 is 1.65 bits per heavy atom. The summed E-state index contributed by atoms with van der Waals surface area (Å²) in [5.41, 5.74) is 3.20. The highest BCUT2D eigenvalue weighted by molar-refractivity contribution is 5.91. The first-order chi connectivity index (χ1) is 8.09. The molecule has 0 N–H and O–H groups in total. The number of carbonyl (C=O) groups is 1. The minimum atomic E-state index is -0.203. The van der Waals surface area contributed by atoms with Crippen molar-refractivity contribution < 1.29 is 9.53 Å². The molecule has 0 aromatic heterocycles. The topological polar surface area (TPSA) is 26.3 Å². The summed E-state index contributed by atoms with van der Waals surface area (Å²) in [6.07, 6.45) is 4.09. The van der Waals surface area contributed by atoms with Gasteiger partial charge in [0.05, 0.1) is 0 Å². The van der Waals surface area contributed by atoms with Crippen molar-refractivity contribution >= 4 is 5.97 Å². The largest absolute Gasteiger partial charge is 0.458 e. The Kier molecular flexibility index (Phi) is 2.29. The molecule has 2 heteroatoms. The lowest BCUT2D eigenvalue weighted by Crippen LogP contribution is -2.28. The van der Waals surface area contributed by atoms with Crippen LogP contribution in [0.1, 0.15) is 25.7 Å². The Hall–Kier alpha value is -1.31. The van der Waals surface area contributed by atoms with E-state index in [0.29, 0.717) is 11.5 Å². The highest BCUT2D eigenvalue weighted by Crippen LogP contribution is 2.51. The Morgan fingerprint density at radius 3 is 2.41 bits per heavy atom. The molecule has 90 valence electrons. The third-order valence-electron chi connectivity index (χ3n) is 4.69. The zero-order valence-corrected chi connectivity index (χ0v) is 10.1. The van der Waals surface area contributed by atoms with Gasteiger partial charge in [-0.1, -0.05) is 30.9 Å². The maximum absolute atomic E-state index is 11.7. The van der Waals surface area contributed by atoms with Gasteiger partial charge in [0.25, 0.3) is 0 Å². The second kappa shape index (κ2) is 3.59. The molecule has 1 aliphatic heterocycles. The van der Waals surface area contributed by atoms with Gasteiger partial charge in [0, 0.05) is 17.4 Å². The molecule has 2 saturated carbocycles. The quantitative estimate of drug-likeness (QED) is 0.363. The van der Waals surface area contributed by atoms with Gasteiger partial charge in [-0.3, -0.25) is 0 Å². The van der Waals surface area contributed by atoms with E-state index in [0.717, 1.165) is 25.7 Å². The van der Waals surface area contributed by atoms with E-state index in [9.17, 15) is 4.79 Å². The molecule has 0 amide bonds. The van der Waals surface area contributed by atoms with Gasteiger partial charge in [-0.2, -0.15) is 0 Å². The summed E-state index contributed by atoms with van der Waals surface area (Å²) >= 11 is 0. The minimum absolute atomic E-state index is 0.0192. The molecule has 3 fully saturated rings. The zero-order valence-electron chi connectivity index (χ0n) is 10.1. The van der Waals surface area contributed by atoms with Gasteiger partial charge in [0.1, 0.15) is 6.10 Å². The number of rotatable bonds is 0. The van der Waals surface area contributed by atoms with Crippen molar-refractivity contribution in [1.29, 1.82) is 0 Å². The minimum Gasteiger partial charge on any atom is -0.458 e. The van der Waals surface area contributed by atoms with Crippen LogP contribution < -0.4 is 0 Å². The van der Waals surface area contributed by atoms with Gasteiger partial charge in [0.2, 0.25) is 0 Å². The first-order valence-corrected chi connectivity index (χ1v) is 6.34. The van der Waals surface area contributed by atoms with E-state index in [-0.39, 0.29) is 23.9 Å². The maximum atomic E-state index is 11.7. The standard InChI is InChI=1S/C15H18O2/c1-8-4-7-12-10(3)15(16)17-14(12)13-9(2)5-6-11(8)13/h11-14H,1-7H2/t11-,12-,13+,14-/m0/s1. The molecular weight excluding hydrogens is 212 g/mol. The molecule has 0 unspecified atom stereocenters. The number of hydrogen-bond donors (Lipinski definition) is 0. The lowest BCUT2D eigenvalue weighted by Gasteiger charge is -2.26. The number of fused-ring (bicyclic) bond motifs is 3. The highest BCUT2D eigenvalue weighted by Gasteiger charge is 2.50. The van der Waals surface area contributed by atoms with Crippen LogP contribution in [-0.4, -0.2) is 12.1 Å². The Balaban J connectivity index is 2.00.